The predicted octanol–water partition coefficient (Wildman–Crippen LogP) is 2.84. The van der Waals surface area contributed by atoms with Crippen molar-refractivity contribution < 1.29 is 19.7 Å². The average Bonchev–Trinajstić information content (AvgIpc) is 3.63. The minimum atomic E-state index is -0.951. The molecule has 0 radical (unpaired) electrons. The van der Waals surface area contributed by atoms with Crippen molar-refractivity contribution >= 4 is 5.91 Å². The number of likely N-dealkylation sites (N-methyl/N-ethyl adjacent to an activating group) is 1. The number of aromatic hydroxyl groups is 1. The highest BCUT2D eigenvalue weighted by Crippen LogP contribution is 2.66. The molecule has 2 aromatic rings. The van der Waals surface area contributed by atoms with Gasteiger partial charge in [0.15, 0.2) is 11.5 Å². The smallest absolute Gasteiger partial charge is 0.298 e. The van der Waals surface area contributed by atoms with E-state index in [9.17, 15) is 15.0 Å². The Labute approximate surface area is 211 Å². The van der Waals surface area contributed by atoms with Crippen LogP contribution >= 0.6 is 0 Å². The number of hydrogen-bond donors (Lipinski definition) is 2. The van der Waals surface area contributed by atoms with E-state index >= 15 is 0 Å². The third kappa shape index (κ3) is 2.96. The average molecular weight is 485 g/mol. The van der Waals surface area contributed by atoms with E-state index in [1.165, 1.54) is 18.4 Å². The summed E-state index contributed by atoms with van der Waals surface area (Å²) >= 11 is 0. The molecule has 2 aliphatic heterocycles. The zero-order valence-electron chi connectivity index (χ0n) is 20.6. The van der Waals surface area contributed by atoms with Crippen LogP contribution in [0.1, 0.15) is 48.8 Å². The maximum atomic E-state index is 13.2. The Morgan fingerprint density at radius 1 is 1.17 bits per heavy atom. The van der Waals surface area contributed by atoms with Crippen molar-refractivity contribution in [2.75, 3.05) is 20.1 Å². The van der Waals surface area contributed by atoms with Gasteiger partial charge in [0.25, 0.3) is 5.91 Å². The second-order valence-electron chi connectivity index (χ2n) is 11.4. The lowest BCUT2D eigenvalue weighted by Crippen LogP contribution is -2.78. The molecule has 6 nitrogen and oxygen atoms in total. The van der Waals surface area contributed by atoms with Crippen molar-refractivity contribution in [1.82, 2.24) is 9.80 Å². The van der Waals surface area contributed by atoms with E-state index in [1.54, 1.807) is 18.0 Å². The summed E-state index contributed by atoms with van der Waals surface area (Å²) in [7, 11) is 1.79. The molecule has 0 aromatic heterocycles. The number of hydrogen-bond acceptors (Lipinski definition) is 5. The van der Waals surface area contributed by atoms with Gasteiger partial charge in [-0.3, -0.25) is 9.69 Å². The van der Waals surface area contributed by atoms with Gasteiger partial charge in [0.1, 0.15) is 6.10 Å². The van der Waals surface area contributed by atoms with Crippen LogP contribution in [0, 0.1) is 17.8 Å². The fraction of sp³-hybridized carbons (Fsp3) is 0.500. The molecule has 2 aromatic carbocycles. The quantitative estimate of drug-likeness (QED) is 0.656. The third-order valence-electron chi connectivity index (χ3n) is 9.64. The Morgan fingerprint density at radius 3 is 2.75 bits per heavy atom. The second-order valence-corrected chi connectivity index (χ2v) is 11.4. The first kappa shape index (κ1) is 22.2. The van der Waals surface area contributed by atoms with Crippen LogP contribution in [0.3, 0.4) is 0 Å². The first-order valence-corrected chi connectivity index (χ1v) is 13.2. The standard InChI is InChI=1S/C30H32N2O4/c1-31(25(34)12-9-19-5-3-2-4-6-19)22-13-14-30(35)24-17-21-10-11-23(33)27-26(21)29(30,28(22)36-27)15-16-32(24)18-20-7-8-20/h2-6,10-11,20,22,24,28,33,35H,7-8,13-18H2,1H3/t22-,24-,28+,29+,30-/m1/s1. The summed E-state index contributed by atoms with van der Waals surface area (Å²) in [6, 6.07) is 13.0. The van der Waals surface area contributed by atoms with Gasteiger partial charge in [-0.25, -0.2) is 0 Å². The van der Waals surface area contributed by atoms with Crippen LogP contribution in [0.5, 0.6) is 11.5 Å². The van der Waals surface area contributed by atoms with Crippen molar-refractivity contribution in [3.63, 3.8) is 0 Å². The Hall–Kier alpha value is -3.01. The molecule has 2 bridgehead atoms. The van der Waals surface area contributed by atoms with E-state index in [0.29, 0.717) is 18.6 Å². The molecule has 2 heterocycles. The molecule has 7 rings (SSSR count). The molecule has 1 saturated heterocycles. The Bertz CT molecular complexity index is 1300. The number of carbonyl (C=O) groups excluding carboxylic acids is 1. The summed E-state index contributed by atoms with van der Waals surface area (Å²) in [6.45, 7) is 1.95. The van der Waals surface area contributed by atoms with Crippen LogP contribution in [-0.2, 0) is 16.6 Å². The van der Waals surface area contributed by atoms with Gasteiger partial charge in [-0.15, -0.1) is 0 Å². The molecule has 6 heteroatoms. The molecule has 3 fully saturated rings. The molecule has 2 N–H and O–H groups in total. The lowest BCUT2D eigenvalue weighted by Gasteiger charge is -2.64. The Balaban J connectivity index is 1.27. The Morgan fingerprint density at radius 2 is 1.97 bits per heavy atom. The van der Waals surface area contributed by atoms with E-state index in [0.717, 1.165) is 43.0 Å². The highest BCUT2D eigenvalue weighted by Gasteiger charge is 2.73. The number of benzene rings is 2. The van der Waals surface area contributed by atoms with Crippen molar-refractivity contribution in [3.05, 3.63) is 59.2 Å². The van der Waals surface area contributed by atoms with Gasteiger partial charge in [0.05, 0.1) is 17.1 Å². The first-order chi connectivity index (χ1) is 17.4. The van der Waals surface area contributed by atoms with Gasteiger partial charge in [0, 0.05) is 36.7 Å². The van der Waals surface area contributed by atoms with E-state index in [4.69, 9.17) is 4.74 Å². The lowest BCUT2D eigenvalue weighted by molar-refractivity contribution is -0.199. The monoisotopic (exact) mass is 484 g/mol. The number of rotatable bonds is 3. The number of amides is 1. The molecule has 1 spiro atoms. The SMILES string of the molecule is CN(C(=O)C#Cc1ccccc1)[C@@H]1CC[C@@]2(O)[C@H]3Cc4ccc(O)c5c4[C@@]2(CCN3CC2CC2)[C@H]1O5. The van der Waals surface area contributed by atoms with E-state index in [2.05, 4.69) is 16.7 Å². The van der Waals surface area contributed by atoms with Gasteiger partial charge < -0.3 is 19.8 Å². The largest absolute Gasteiger partial charge is 0.504 e. The number of nitrogens with zero attached hydrogens (tertiary/aromatic N) is 2. The number of ether oxygens (including phenoxy) is 1. The highest BCUT2D eigenvalue weighted by molar-refractivity contribution is 5.94. The van der Waals surface area contributed by atoms with Crippen molar-refractivity contribution in [2.24, 2.45) is 5.92 Å². The van der Waals surface area contributed by atoms with E-state index in [-0.39, 0.29) is 23.7 Å². The first-order valence-electron chi connectivity index (χ1n) is 13.2. The molecule has 3 aliphatic carbocycles. The Kier molecular flexibility index (Phi) is 4.78. The second kappa shape index (κ2) is 7.74. The van der Waals surface area contributed by atoms with E-state index in [1.807, 2.05) is 36.4 Å². The molecule has 0 unspecified atom stereocenters. The van der Waals surface area contributed by atoms with Crippen LogP contribution < -0.4 is 4.74 Å². The topological polar surface area (TPSA) is 73.2 Å². The molecule has 1 amide bonds. The van der Waals surface area contributed by atoms with E-state index < -0.39 is 17.1 Å². The number of phenolic OH excluding ortho intramolecular Hbond substituents is 1. The number of likely N-dealkylation sites (tertiary alicyclic amines) is 1. The maximum absolute atomic E-state index is 13.2. The van der Waals surface area contributed by atoms with Crippen LogP contribution in [0.15, 0.2) is 42.5 Å². The third-order valence-corrected chi connectivity index (χ3v) is 9.64. The minimum absolute atomic E-state index is 0.0285. The van der Waals surface area contributed by atoms with Gasteiger partial charge in [-0.05, 0) is 74.8 Å². The lowest BCUT2D eigenvalue weighted by atomic mass is 9.48. The number of aliphatic hydroxyl groups is 1. The summed E-state index contributed by atoms with van der Waals surface area (Å²) in [5.41, 5.74) is 1.36. The van der Waals surface area contributed by atoms with Crippen LogP contribution in [0.4, 0.5) is 0 Å². The summed E-state index contributed by atoms with van der Waals surface area (Å²) in [4.78, 5) is 17.4. The highest BCUT2D eigenvalue weighted by atomic mass is 16.5. The number of carbonyl (C=O) groups is 1. The maximum Gasteiger partial charge on any atom is 0.298 e. The molecule has 2 saturated carbocycles. The normalized spacial score (nSPS) is 33.7. The summed E-state index contributed by atoms with van der Waals surface area (Å²) in [6.07, 6.45) is 4.91. The summed E-state index contributed by atoms with van der Waals surface area (Å²) < 4.78 is 6.58. The fourth-order valence-corrected chi connectivity index (χ4v) is 7.74. The minimum Gasteiger partial charge on any atom is -0.504 e. The molecular weight excluding hydrogens is 452 g/mol. The van der Waals surface area contributed by atoms with Gasteiger partial charge in [-0.2, -0.15) is 0 Å². The summed E-state index contributed by atoms with van der Waals surface area (Å²) in [5, 5.41) is 23.4. The molecule has 5 atom stereocenters. The van der Waals surface area contributed by atoms with Crippen LogP contribution in [0.2, 0.25) is 0 Å². The molecule has 36 heavy (non-hydrogen) atoms. The molecule has 5 aliphatic rings. The van der Waals surface area contributed by atoms with Crippen LogP contribution in [0.25, 0.3) is 0 Å². The van der Waals surface area contributed by atoms with Gasteiger partial charge >= 0.3 is 0 Å². The van der Waals surface area contributed by atoms with Gasteiger partial charge in [-0.1, -0.05) is 30.2 Å². The van der Waals surface area contributed by atoms with Crippen molar-refractivity contribution in [3.8, 4) is 23.3 Å². The van der Waals surface area contributed by atoms with Crippen molar-refractivity contribution in [1.29, 1.82) is 0 Å². The molecular formula is C30H32N2O4. The predicted molar refractivity (Wildman–Crippen MR) is 135 cm³/mol. The molecule has 186 valence electrons. The van der Waals surface area contributed by atoms with Gasteiger partial charge in [0.2, 0.25) is 0 Å². The van der Waals surface area contributed by atoms with Crippen LogP contribution in [-0.4, -0.2) is 69.8 Å². The fourth-order valence-electron chi connectivity index (χ4n) is 7.74. The van der Waals surface area contributed by atoms with Crippen molar-refractivity contribution in [2.45, 2.75) is 67.7 Å². The number of piperidine rings is 1. The summed E-state index contributed by atoms with van der Waals surface area (Å²) in [5.74, 6) is 6.91. The zero-order valence-corrected chi connectivity index (χ0v) is 20.6. The zero-order chi connectivity index (χ0) is 24.7. The number of phenols is 1.